The molecule has 1 atom stereocenters. The Kier molecular flexibility index (Phi) is 5.70. The normalized spacial score (nSPS) is 17.2. The number of fused-ring (bicyclic) bond motifs is 2. The fraction of sp³-hybridized carbons (Fsp3) is 0.259. The Balaban J connectivity index is 1.25. The molecule has 0 radical (unpaired) electrons. The first-order chi connectivity index (χ1) is 17.2. The second kappa shape index (κ2) is 9.15. The summed E-state index contributed by atoms with van der Waals surface area (Å²) in [6.45, 7) is 2.69. The van der Waals surface area contributed by atoms with E-state index in [-0.39, 0.29) is 11.8 Å². The molecule has 2 aliphatic heterocycles. The van der Waals surface area contributed by atoms with E-state index < -0.39 is 0 Å². The molecule has 0 N–H and O–H groups in total. The zero-order valence-electron chi connectivity index (χ0n) is 19.0. The van der Waals surface area contributed by atoms with Crippen LogP contribution in [0.4, 0.5) is 5.69 Å². The molecule has 1 unspecified atom stereocenters. The molecular formula is C27H24ClN3O4. The van der Waals surface area contributed by atoms with E-state index in [4.69, 9.17) is 30.8 Å². The number of imidazole rings is 1. The molecule has 8 heteroatoms. The summed E-state index contributed by atoms with van der Waals surface area (Å²) in [7, 11) is 0. The van der Waals surface area contributed by atoms with Crippen molar-refractivity contribution in [1.82, 2.24) is 9.55 Å². The van der Waals surface area contributed by atoms with E-state index in [1.807, 2.05) is 65.6 Å². The quantitative estimate of drug-likeness (QED) is 0.379. The minimum Gasteiger partial charge on any atom is -0.492 e. The van der Waals surface area contributed by atoms with Crippen molar-refractivity contribution in [3.63, 3.8) is 0 Å². The number of halogens is 1. The Morgan fingerprint density at radius 1 is 1.00 bits per heavy atom. The van der Waals surface area contributed by atoms with Gasteiger partial charge in [-0.3, -0.25) is 4.79 Å². The Labute approximate surface area is 207 Å². The second-order valence-corrected chi connectivity index (χ2v) is 9.08. The first kappa shape index (κ1) is 21.8. The second-order valence-electron chi connectivity index (χ2n) is 8.65. The van der Waals surface area contributed by atoms with Gasteiger partial charge in [0.1, 0.15) is 31.4 Å². The summed E-state index contributed by atoms with van der Waals surface area (Å²) in [5.74, 6) is 3.10. The van der Waals surface area contributed by atoms with E-state index >= 15 is 0 Å². The van der Waals surface area contributed by atoms with Gasteiger partial charge in [0.15, 0.2) is 11.5 Å². The zero-order chi connectivity index (χ0) is 23.8. The average molecular weight is 490 g/mol. The van der Waals surface area contributed by atoms with Crippen LogP contribution in [0.15, 0.2) is 66.7 Å². The van der Waals surface area contributed by atoms with Crippen molar-refractivity contribution < 1.29 is 19.0 Å². The molecule has 178 valence electrons. The third-order valence-corrected chi connectivity index (χ3v) is 6.66. The lowest BCUT2D eigenvalue weighted by atomic mass is 10.1. The van der Waals surface area contributed by atoms with Gasteiger partial charge >= 0.3 is 0 Å². The van der Waals surface area contributed by atoms with Crippen LogP contribution in [0, 0.1) is 0 Å². The number of aromatic nitrogens is 2. The lowest BCUT2D eigenvalue weighted by molar-refractivity contribution is -0.117. The van der Waals surface area contributed by atoms with E-state index in [1.54, 1.807) is 0 Å². The summed E-state index contributed by atoms with van der Waals surface area (Å²) in [4.78, 5) is 19.8. The Hall–Kier alpha value is -3.71. The van der Waals surface area contributed by atoms with Crippen molar-refractivity contribution in [2.75, 3.05) is 31.3 Å². The molecule has 35 heavy (non-hydrogen) atoms. The predicted octanol–water partition coefficient (Wildman–Crippen LogP) is 5.06. The summed E-state index contributed by atoms with van der Waals surface area (Å²) in [6.07, 6.45) is 0.399. The molecule has 1 fully saturated rings. The van der Waals surface area contributed by atoms with Crippen molar-refractivity contribution >= 4 is 34.2 Å². The van der Waals surface area contributed by atoms with E-state index in [9.17, 15) is 4.79 Å². The van der Waals surface area contributed by atoms with Gasteiger partial charge in [-0.1, -0.05) is 23.7 Å². The van der Waals surface area contributed by atoms with Crippen LogP contribution in [0.25, 0.3) is 11.0 Å². The van der Waals surface area contributed by atoms with Gasteiger partial charge < -0.3 is 23.7 Å². The molecule has 1 amide bonds. The number of ether oxygens (including phenoxy) is 3. The molecule has 6 rings (SSSR count). The Morgan fingerprint density at radius 2 is 1.80 bits per heavy atom. The number of hydrogen-bond donors (Lipinski definition) is 0. The maximum absolute atomic E-state index is 13.1. The van der Waals surface area contributed by atoms with Gasteiger partial charge in [0, 0.05) is 35.7 Å². The van der Waals surface area contributed by atoms with Crippen molar-refractivity contribution in [2.24, 2.45) is 0 Å². The maximum atomic E-state index is 13.1. The van der Waals surface area contributed by atoms with Crippen molar-refractivity contribution in [1.29, 1.82) is 0 Å². The van der Waals surface area contributed by atoms with Crippen LogP contribution < -0.4 is 19.1 Å². The van der Waals surface area contributed by atoms with Crippen molar-refractivity contribution in [3.8, 4) is 17.2 Å². The number of rotatable bonds is 6. The highest BCUT2D eigenvalue weighted by Crippen LogP contribution is 2.38. The summed E-state index contributed by atoms with van der Waals surface area (Å²) in [5, 5.41) is 0.675. The molecule has 1 aromatic heterocycles. The highest BCUT2D eigenvalue weighted by molar-refractivity contribution is 6.30. The number of para-hydroxylation sites is 2. The average Bonchev–Trinajstić information content (AvgIpc) is 3.45. The Morgan fingerprint density at radius 3 is 2.66 bits per heavy atom. The zero-order valence-corrected chi connectivity index (χ0v) is 19.8. The van der Waals surface area contributed by atoms with E-state index in [2.05, 4.69) is 10.6 Å². The summed E-state index contributed by atoms with van der Waals surface area (Å²) in [6, 6.07) is 21.1. The molecular weight excluding hydrogens is 466 g/mol. The van der Waals surface area contributed by atoms with Gasteiger partial charge in [-0.25, -0.2) is 4.98 Å². The number of hydrogen-bond acceptors (Lipinski definition) is 5. The molecule has 3 heterocycles. The minimum atomic E-state index is -0.0290. The van der Waals surface area contributed by atoms with Crippen LogP contribution >= 0.6 is 11.6 Å². The molecule has 0 aliphatic carbocycles. The van der Waals surface area contributed by atoms with Crippen LogP contribution in [0.5, 0.6) is 17.2 Å². The number of amides is 1. The lowest BCUT2D eigenvalue weighted by Crippen LogP contribution is -2.25. The van der Waals surface area contributed by atoms with Gasteiger partial charge in [-0.2, -0.15) is 0 Å². The highest BCUT2D eigenvalue weighted by Gasteiger charge is 2.35. The highest BCUT2D eigenvalue weighted by atomic mass is 35.5. The van der Waals surface area contributed by atoms with Gasteiger partial charge in [-0.05, 0) is 48.5 Å². The van der Waals surface area contributed by atoms with Crippen LogP contribution in [0.3, 0.4) is 0 Å². The van der Waals surface area contributed by atoms with Crippen LogP contribution in [0.2, 0.25) is 5.02 Å². The maximum Gasteiger partial charge on any atom is 0.227 e. The summed E-state index contributed by atoms with van der Waals surface area (Å²) >= 11 is 5.98. The van der Waals surface area contributed by atoms with E-state index in [0.29, 0.717) is 55.9 Å². The Bertz CT molecular complexity index is 1390. The number of benzene rings is 3. The van der Waals surface area contributed by atoms with Crippen molar-refractivity contribution in [2.45, 2.75) is 18.9 Å². The molecule has 7 nitrogen and oxygen atoms in total. The van der Waals surface area contributed by atoms with Crippen LogP contribution in [0.1, 0.15) is 18.2 Å². The van der Waals surface area contributed by atoms with Gasteiger partial charge in [-0.15, -0.1) is 0 Å². The van der Waals surface area contributed by atoms with Crippen LogP contribution in [-0.2, 0) is 11.3 Å². The summed E-state index contributed by atoms with van der Waals surface area (Å²) < 4.78 is 19.5. The molecule has 1 saturated heterocycles. The molecule has 2 aliphatic rings. The standard InChI is InChI=1S/C27H24ClN3O4/c28-19-5-8-21(9-6-19)33-12-11-30-23-4-2-1-3-22(23)29-27(30)18-15-26(32)31(17-18)20-7-10-24-25(16-20)35-14-13-34-24/h1-10,16,18H,11-15,17H2. The van der Waals surface area contributed by atoms with Gasteiger partial charge in [0.2, 0.25) is 5.91 Å². The molecule has 0 saturated carbocycles. The third kappa shape index (κ3) is 4.28. The topological polar surface area (TPSA) is 65.8 Å². The first-order valence-electron chi connectivity index (χ1n) is 11.7. The van der Waals surface area contributed by atoms with Gasteiger partial charge in [0.05, 0.1) is 17.6 Å². The minimum absolute atomic E-state index is 0.0290. The van der Waals surface area contributed by atoms with Gasteiger partial charge in [0.25, 0.3) is 0 Å². The first-order valence-corrected chi connectivity index (χ1v) is 12.1. The number of carbonyl (C=O) groups excluding carboxylic acids is 1. The molecule has 0 bridgehead atoms. The predicted molar refractivity (Wildman–Crippen MR) is 134 cm³/mol. The number of anilines is 1. The monoisotopic (exact) mass is 489 g/mol. The lowest BCUT2D eigenvalue weighted by Gasteiger charge is -2.22. The molecule has 4 aromatic rings. The largest absolute Gasteiger partial charge is 0.492 e. The SMILES string of the molecule is O=C1CC(c2nc3ccccc3n2CCOc2ccc(Cl)cc2)CN1c1ccc2c(c1)OCCO2. The van der Waals surface area contributed by atoms with E-state index in [0.717, 1.165) is 28.3 Å². The number of carbonyl (C=O) groups is 1. The fourth-order valence-corrected chi connectivity index (χ4v) is 4.88. The molecule has 0 spiro atoms. The fourth-order valence-electron chi connectivity index (χ4n) is 4.76. The number of nitrogens with zero attached hydrogens (tertiary/aromatic N) is 3. The van der Waals surface area contributed by atoms with E-state index in [1.165, 1.54) is 0 Å². The smallest absolute Gasteiger partial charge is 0.227 e. The summed E-state index contributed by atoms with van der Waals surface area (Å²) in [5.41, 5.74) is 2.77. The molecule has 3 aromatic carbocycles. The van der Waals surface area contributed by atoms with Crippen LogP contribution in [-0.4, -0.2) is 41.8 Å². The van der Waals surface area contributed by atoms with Crippen molar-refractivity contribution in [3.05, 3.63) is 77.6 Å². The third-order valence-electron chi connectivity index (χ3n) is 6.41.